The van der Waals surface area contributed by atoms with Crippen molar-refractivity contribution in [3.8, 4) is 0 Å². The van der Waals surface area contributed by atoms with Crippen LogP contribution in [0.2, 0.25) is 5.02 Å². The van der Waals surface area contributed by atoms with E-state index in [-0.39, 0.29) is 16.3 Å². The molecule has 0 aliphatic heterocycles. The third kappa shape index (κ3) is 3.16. The fraction of sp³-hybridized carbons (Fsp3) is 0.300. The number of nitro groups is 1. The number of nitro benzene ring substituents is 1. The summed E-state index contributed by atoms with van der Waals surface area (Å²) in [5.74, 6) is -0.697. The van der Waals surface area contributed by atoms with Crippen molar-refractivity contribution >= 4 is 23.2 Å². The summed E-state index contributed by atoms with van der Waals surface area (Å²) in [5, 5.41) is 30.3. The van der Waals surface area contributed by atoms with Gasteiger partial charge >= 0.3 is 0 Å². The predicted octanol–water partition coefficient (Wildman–Crippen LogP) is 0.331. The van der Waals surface area contributed by atoms with Gasteiger partial charge in [-0.15, -0.1) is 0 Å². The first kappa shape index (κ1) is 14.4. The van der Waals surface area contributed by atoms with Crippen LogP contribution >= 0.6 is 11.6 Å². The number of aliphatic hydroxyl groups excluding tert-OH is 2. The van der Waals surface area contributed by atoms with Crippen LogP contribution in [-0.4, -0.2) is 40.3 Å². The number of amides is 1. The lowest BCUT2D eigenvalue weighted by Crippen LogP contribution is -2.40. The molecule has 18 heavy (non-hydrogen) atoms. The zero-order valence-electron chi connectivity index (χ0n) is 9.17. The second-order valence-corrected chi connectivity index (χ2v) is 3.81. The third-order valence-electron chi connectivity index (χ3n) is 2.20. The number of halogens is 1. The standard InChI is InChI=1S/C10H11ClN2O5/c11-9-7(2-1-3-8(9)13(17)18)10(16)12-6(4-14)5-15/h1-3,6,14-15H,4-5H2,(H,12,16). The summed E-state index contributed by atoms with van der Waals surface area (Å²) in [5.41, 5.74) is -0.466. The summed E-state index contributed by atoms with van der Waals surface area (Å²) in [6.07, 6.45) is 0. The number of nitrogens with one attached hydrogen (secondary N) is 1. The number of benzene rings is 1. The normalized spacial score (nSPS) is 10.4. The summed E-state index contributed by atoms with van der Waals surface area (Å²) in [7, 11) is 0. The highest BCUT2D eigenvalue weighted by molar-refractivity contribution is 6.35. The number of carbonyl (C=O) groups excluding carboxylic acids is 1. The summed E-state index contributed by atoms with van der Waals surface area (Å²) in [6, 6.07) is 2.98. The summed E-state index contributed by atoms with van der Waals surface area (Å²) in [4.78, 5) is 21.7. The fourth-order valence-corrected chi connectivity index (χ4v) is 1.53. The van der Waals surface area contributed by atoms with E-state index in [1.54, 1.807) is 0 Å². The van der Waals surface area contributed by atoms with E-state index in [0.29, 0.717) is 0 Å². The number of rotatable bonds is 5. The zero-order chi connectivity index (χ0) is 13.7. The van der Waals surface area contributed by atoms with Crippen molar-refractivity contribution in [3.63, 3.8) is 0 Å². The molecule has 0 radical (unpaired) electrons. The molecule has 0 heterocycles. The van der Waals surface area contributed by atoms with Crippen molar-refractivity contribution in [2.45, 2.75) is 6.04 Å². The first-order valence-electron chi connectivity index (χ1n) is 4.96. The smallest absolute Gasteiger partial charge is 0.288 e. The molecule has 0 saturated carbocycles. The van der Waals surface area contributed by atoms with Gasteiger partial charge in [0.1, 0.15) is 5.02 Å². The number of carbonyl (C=O) groups is 1. The van der Waals surface area contributed by atoms with Gasteiger partial charge in [-0.1, -0.05) is 17.7 Å². The fourth-order valence-electron chi connectivity index (χ4n) is 1.25. The Hall–Kier alpha value is -1.70. The Morgan fingerprint density at radius 3 is 2.56 bits per heavy atom. The van der Waals surface area contributed by atoms with E-state index in [1.807, 2.05) is 0 Å². The van der Waals surface area contributed by atoms with Crippen molar-refractivity contribution in [2.75, 3.05) is 13.2 Å². The molecule has 0 bridgehead atoms. The van der Waals surface area contributed by atoms with E-state index in [4.69, 9.17) is 21.8 Å². The van der Waals surface area contributed by atoms with Gasteiger partial charge in [-0.3, -0.25) is 14.9 Å². The number of hydrogen-bond donors (Lipinski definition) is 3. The van der Waals surface area contributed by atoms with E-state index < -0.39 is 30.1 Å². The molecule has 0 aromatic heterocycles. The Balaban J connectivity index is 2.99. The molecular weight excluding hydrogens is 264 g/mol. The average Bonchev–Trinajstić information content (AvgIpc) is 2.35. The molecular formula is C10H11ClN2O5. The Kier molecular flexibility index (Phi) is 5.02. The van der Waals surface area contributed by atoms with Gasteiger partial charge in [0, 0.05) is 6.07 Å². The number of aliphatic hydroxyl groups is 2. The minimum absolute atomic E-state index is 0.0854. The molecule has 0 aliphatic rings. The minimum Gasteiger partial charge on any atom is -0.394 e. The monoisotopic (exact) mass is 274 g/mol. The van der Waals surface area contributed by atoms with E-state index in [0.717, 1.165) is 0 Å². The molecule has 1 rings (SSSR count). The number of hydrogen-bond acceptors (Lipinski definition) is 5. The maximum Gasteiger partial charge on any atom is 0.288 e. The molecule has 0 unspecified atom stereocenters. The molecule has 0 atom stereocenters. The van der Waals surface area contributed by atoms with Crippen molar-refractivity contribution < 1.29 is 19.9 Å². The van der Waals surface area contributed by atoms with Crippen molar-refractivity contribution in [1.29, 1.82) is 0 Å². The highest BCUT2D eigenvalue weighted by Gasteiger charge is 2.21. The lowest BCUT2D eigenvalue weighted by atomic mass is 10.1. The lowest BCUT2D eigenvalue weighted by molar-refractivity contribution is -0.384. The minimum atomic E-state index is -0.840. The van der Waals surface area contributed by atoms with Crippen LogP contribution in [0, 0.1) is 10.1 Å². The molecule has 0 aliphatic carbocycles. The summed E-state index contributed by atoms with van der Waals surface area (Å²) in [6.45, 7) is -0.899. The van der Waals surface area contributed by atoms with Gasteiger partial charge < -0.3 is 15.5 Å². The Morgan fingerprint density at radius 1 is 1.44 bits per heavy atom. The summed E-state index contributed by atoms with van der Waals surface area (Å²) >= 11 is 5.74. The van der Waals surface area contributed by atoms with Gasteiger partial charge in [-0.25, -0.2) is 0 Å². The first-order valence-corrected chi connectivity index (χ1v) is 5.34. The van der Waals surface area contributed by atoms with Crippen LogP contribution in [0.5, 0.6) is 0 Å². The van der Waals surface area contributed by atoms with Gasteiger partial charge in [-0.05, 0) is 6.07 Å². The molecule has 3 N–H and O–H groups in total. The van der Waals surface area contributed by atoms with Crippen LogP contribution in [0.4, 0.5) is 5.69 Å². The third-order valence-corrected chi connectivity index (χ3v) is 2.59. The van der Waals surface area contributed by atoms with Crippen LogP contribution in [-0.2, 0) is 0 Å². The van der Waals surface area contributed by atoms with Gasteiger partial charge in [-0.2, -0.15) is 0 Å². The van der Waals surface area contributed by atoms with Gasteiger partial charge in [0.2, 0.25) is 0 Å². The highest BCUT2D eigenvalue weighted by Crippen LogP contribution is 2.27. The van der Waals surface area contributed by atoms with E-state index in [9.17, 15) is 14.9 Å². The predicted molar refractivity (Wildman–Crippen MR) is 63.5 cm³/mol. The zero-order valence-corrected chi connectivity index (χ0v) is 9.92. The molecule has 1 aromatic rings. The molecule has 8 heteroatoms. The van der Waals surface area contributed by atoms with Crippen LogP contribution in [0.3, 0.4) is 0 Å². The van der Waals surface area contributed by atoms with Crippen LogP contribution in [0.15, 0.2) is 18.2 Å². The first-order chi connectivity index (χ1) is 8.51. The molecule has 0 fully saturated rings. The highest BCUT2D eigenvalue weighted by atomic mass is 35.5. The van der Waals surface area contributed by atoms with Crippen molar-refractivity contribution in [3.05, 3.63) is 38.9 Å². The average molecular weight is 275 g/mol. The Labute approximate surface area is 107 Å². The van der Waals surface area contributed by atoms with E-state index >= 15 is 0 Å². The SMILES string of the molecule is O=C(NC(CO)CO)c1cccc([N+](=O)[O-])c1Cl. The van der Waals surface area contributed by atoms with Crippen LogP contribution in [0.25, 0.3) is 0 Å². The molecule has 0 saturated heterocycles. The molecule has 0 spiro atoms. The topological polar surface area (TPSA) is 113 Å². The molecule has 1 amide bonds. The quantitative estimate of drug-likeness (QED) is 0.529. The van der Waals surface area contributed by atoms with Gasteiger partial charge in [0.15, 0.2) is 0 Å². The Morgan fingerprint density at radius 2 is 2.06 bits per heavy atom. The summed E-state index contributed by atoms with van der Waals surface area (Å²) < 4.78 is 0. The maximum absolute atomic E-state index is 11.7. The molecule has 1 aromatic carbocycles. The van der Waals surface area contributed by atoms with Crippen LogP contribution < -0.4 is 5.32 Å². The maximum atomic E-state index is 11.7. The second-order valence-electron chi connectivity index (χ2n) is 3.43. The van der Waals surface area contributed by atoms with Crippen molar-refractivity contribution in [2.24, 2.45) is 0 Å². The molecule has 98 valence electrons. The molecule has 7 nitrogen and oxygen atoms in total. The van der Waals surface area contributed by atoms with Crippen molar-refractivity contribution in [1.82, 2.24) is 5.32 Å². The second kappa shape index (κ2) is 6.29. The Bertz CT molecular complexity index is 462. The number of nitrogens with zero attached hydrogens (tertiary/aromatic N) is 1. The largest absolute Gasteiger partial charge is 0.394 e. The van der Waals surface area contributed by atoms with Crippen LogP contribution in [0.1, 0.15) is 10.4 Å². The van der Waals surface area contributed by atoms with E-state index in [2.05, 4.69) is 5.32 Å². The van der Waals surface area contributed by atoms with Gasteiger partial charge in [0.25, 0.3) is 11.6 Å². The van der Waals surface area contributed by atoms with Gasteiger partial charge in [0.05, 0.1) is 29.7 Å². The lowest BCUT2D eigenvalue weighted by Gasteiger charge is -2.13. The van der Waals surface area contributed by atoms with E-state index in [1.165, 1.54) is 18.2 Å².